The summed E-state index contributed by atoms with van der Waals surface area (Å²) in [5.74, 6) is 2.21. The lowest BCUT2D eigenvalue weighted by Crippen LogP contribution is -2.44. The summed E-state index contributed by atoms with van der Waals surface area (Å²) in [5, 5.41) is 27.9. The molecule has 2 aromatic heterocycles. The summed E-state index contributed by atoms with van der Waals surface area (Å²) in [6.07, 6.45) is 9.03. The minimum absolute atomic E-state index is 0.436. The number of benzene rings is 1. The van der Waals surface area contributed by atoms with E-state index in [1.807, 2.05) is 18.2 Å². The van der Waals surface area contributed by atoms with Gasteiger partial charge in [0.2, 0.25) is 5.95 Å². The minimum atomic E-state index is 0.436. The van der Waals surface area contributed by atoms with E-state index in [-0.39, 0.29) is 0 Å². The lowest BCUT2D eigenvalue weighted by atomic mass is 9.95. The first-order valence-electron chi connectivity index (χ1n) is 14.0. The van der Waals surface area contributed by atoms with Crippen LogP contribution >= 0.6 is 0 Å². The van der Waals surface area contributed by atoms with Crippen LogP contribution in [0.5, 0.6) is 0 Å². The van der Waals surface area contributed by atoms with E-state index in [1.165, 1.54) is 38.5 Å². The Morgan fingerprint density at radius 3 is 2.68 bits per heavy atom. The fourth-order valence-corrected chi connectivity index (χ4v) is 5.15. The van der Waals surface area contributed by atoms with E-state index in [1.54, 1.807) is 4.80 Å². The second-order valence-corrected chi connectivity index (χ2v) is 10.0. The van der Waals surface area contributed by atoms with Gasteiger partial charge in [-0.15, -0.1) is 10.2 Å². The molecule has 0 bridgehead atoms. The number of hydrogen-bond donors (Lipinski definition) is 4. The van der Waals surface area contributed by atoms with Crippen molar-refractivity contribution in [1.82, 2.24) is 46.1 Å². The molecule has 1 saturated carbocycles. The molecule has 1 saturated heterocycles. The molecule has 0 spiro atoms. The van der Waals surface area contributed by atoms with Gasteiger partial charge >= 0.3 is 0 Å². The zero-order valence-corrected chi connectivity index (χ0v) is 21.8. The predicted molar refractivity (Wildman–Crippen MR) is 147 cm³/mol. The van der Waals surface area contributed by atoms with Crippen molar-refractivity contribution in [3.8, 4) is 0 Å². The SMILES string of the molecule is c1ccc2c(N3CCNCC3)nc(NCc3nnn(CCCNCCCNC4CCCCC4)n3)nc2c1. The largest absolute Gasteiger partial charge is 0.353 e. The normalized spacial score (nSPS) is 16.9. The van der Waals surface area contributed by atoms with Gasteiger partial charge in [0.05, 0.1) is 18.6 Å². The molecule has 0 amide bonds. The van der Waals surface area contributed by atoms with Crippen molar-refractivity contribution in [1.29, 1.82) is 0 Å². The van der Waals surface area contributed by atoms with Crippen molar-refractivity contribution in [2.24, 2.45) is 0 Å². The Morgan fingerprint density at radius 2 is 1.78 bits per heavy atom. The first-order valence-corrected chi connectivity index (χ1v) is 14.0. The van der Waals surface area contributed by atoms with Crippen LogP contribution in [0.15, 0.2) is 24.3 Å². The Balaban J connectivity index is 1.03. The van der Waals surface area contributed by atoms with Gasteiger partial charge in [0.25, 0.3) is 0 Å². The molecule has 5 rings (SSSR count). The quantitative estimate of drug-likeness (QED) is 0.255. The molecule has 11 heteroatoms. The second kappa shape index (κ2) is 13.6. The van der Waals surface area contributed by atoms with Gasteiger partial charge in [-0.2, -0.15) is 9.78 Å². The van der Waals surface area contributed by atoms with Crippen LogP contribution in [-0.4, -0.2) is 82.0 Å². The minimum Gasteiger partial charge on any atom is -0.353 e. The molecule has 2 fully saturated rings. The highest BCUT2D eigenvalue weighted by Gasteiger charge is 2.17. The smallest absolute Gasteiger partial charge is 0.225 e. The zero-order valence-electron chi connectivity index (χ0n) is 21.8. The molecule has 37 heavy (non-hydrogen) atoms. The number of piperazine rings is 1. The van der Waals surface area contributed by atoms with Gasteiger partial charge in [-0.1, -0.05) is 31.4 Å². The first-order chi connectivity index (χ1) is 18.3. The molecule has 2 aliphatic rings. The number of aromatic nitrogens is 6. The molecule has 0 atom stereocenters. The van der Waals surface area contributed by atoms with Gasteiger partial charge < -0.3 is 26.2 Å². The number of tetrazole rings is 1. The van der Waals surface area contributed by atoms with Crippen molar-refractivity contribution in [3.63, 3.8) is 0 Å². The molecule has 3 aromatic rings. The van der Waals surface area contributed by atoms with Gasteiger partial charge in [0, 0.05) is 37.6 Å². The number of nitrogens with zero attached hydrogens (tertiary/aromatic N) is 7. The summed E-state index contributed by atoms with van der Waals surface area (Å²) in [7, 11) is 0. The number of anilines is 2. The molecular weight excluding hydrogens is 466 g/mol. The van der Waals surface area contributed by atoms with Crippen LogP contribution in [0.3, 0.4) is 0 Å². The number of para-hydroxylation sites is 1. The van der Waals surface area contributed by atoms with Crippen molar-refractivity contribution in [2.75, 3.05) is 56.0 Å². The Hall–Kier alpha value is -2.89. The lowest BCUT2D eigenvalue weighted by Gasteiger charge is -2.29. The highest BCUT2D eigenvalue weighted by molar-refractivity contribution is 5.90. The van der Waals surface area contributed by atoms with Crippen LogP contribution < -0.4 is 26.2 Å². The molecule has 4 N–H and O–H groups in total. The number of hydrogen-bond acceptors (Lipinski definition) is 10. The van der Waals surface area contributed by atoms with E-state index in [0.717, 1.165) is 81.5 Å². The van der Waals surface area contributed by atoms with Crippen LogP contribution in [0.25, 0.3) is 10.9 Å². The summed E-state index contributed by atoms with van der Waals surface area (Å²) in [4.78, 5) is 13.6. The number of nitrogens with one attached hydrogen (secondary N) is 4. The predicted octanol–water partition coefficient (Wildman–Crippen LogP) is 1.93. The molecule has 0 unspecified atom stereocenters. The molecule has 3 heterocycles. The van der Waals surface area contributed by atoms with Crippen LogP contribution in [0.1, 0.15) is 50.8 Å². The Kier molecular flexibility index (Phi) is 9.46. The van der Waals surface area contributed by atoms with Crippen LogP contribution in [0, 0.1) is 0 Å². The molecule has 1 aromatic carbocycles. The average molecular weight is 508 g/mol. The Bertz CT molecular complexity index is 1090. The monoisotopic (exact) mass is 507 g/mol. The number of fused-ring (bicyclic) bond motifs is 1. The first kappa shape index (κ1) is 25.7. The Morgan fingerprint density at radius 1 is 0.946 bits per heavy atom. The van der Waals surface area contributed by atoms with Gasteiger partial charge in [-0.25, -0.2) is 4.98 Å². The third kappa shape index (κ3) is 7.56. The van der Waals surface area contributed by atoms with E-state index in [9.17, 15) is 0 Å². The highest BCUT2D eigenvalue weighted by atomic mass is 15.6. The maximum Gasteiger partial charge on any atom is 0.225 e. The van der Waals surface area contributed by atoms with Gasteiger partial charge in [0.1, 0.15) is 5.82 Å². The van der Waals surface area contributed by atoms with Gasteiger partial charge in [-0.05, 0) is 62.7 Å². The summed E-state index contributed by atoms with van der Waals surface area (Å²) < 4.78 is 0. The summed E-state index contributed by atoms with van der Waals surface area (Å²) in [6.45, 7) is 8.08. The summed E-state index contributed by atoms with van der Waals surface area (Å²) >= 11 is 0. The average Bonchev–Trinajstić information content (AvgIpc) is 3.41. The number of aryl methyl sites for hydroxylation is 1. The van der Waals surface area contributed by atoms with Gasteiger partial charge in [0.15, 0.2) is 5.82 Å². The summed E-state index contributed by atoms with van der Waals surface area (Å²) in [5.41, 5.74) is 0.933. The Labute approximate surface area is 219 Å². The molecule has 200 valence electrons. The van der Waals surface area contributed by atoms with Crippen molar-refractivity contribution >= 4 is 22.7 Å². The third-order valence-electron chi connectivity index (χ3n) is 7.18. The summed E-state index contributed by atoms with van der Waals surface area (Å²) in [6, 6.07) is 8.92. The van der Waals surface area contributed by atoms with E-state index < -0.39 is 0 Å². The second-order valence-electron chi connectivity index (χ2n) is 10.0. The number of rotatable bonds is 13. The van der Waals surface area contributed by atoms with Crippen molar-refractivity contribution in [3.05, 3.63) is 30.1 Å². The maximum atomic E-state index is 4.84. The standard InChI is InChI=1S/C26H41N11/c1-2-8-21(9-3-1)29-14-6-12-27-13-7-17-37-34-24(33-35-37)20-30-26-31-23-11-5-4-10-22(23)25(32-26)36-18-15-28-16-19-36/h4-5,10-11,21,27-29H,1-3,6-9,12-20H2,(H,30,31,32). The molecule has 0 radical (unpaired) electrons. The lowest BCUT2D eigenvalue weighted by molar-refractivity contribution is 0.370. The molecule has 1 aliphatic carbocycles. The maximum absolute atomic E-state index is 4.84. The fraction of sp³-hybridized carbons (Fsp3) is 0.654. The van der Waals surface area contributed by atoms with Crippen molar-refractivity contribution < 1.29 is 0 Å². The highest BCUT2D eigenvalue weighted by Crippen LogP contribution is 2.25. The molecule has 11 nitrogen and oxygen atoms in total. The van der Waals surface area contributed by atoms with E-state index in [2.05, 4.69) is 47.6 Å². The fourth-order valence-electron chi connectivity index (χ4n) is 5.15. The molecular formula is C26H41N11. The topological polar surface area (TPSA) is 121 Å². The van der Waals surface area contributed by atoms with Crippen LogP contribution in [-0.2, 0) is 13.1 Å². The van der Waals surface area contributed by atoms with Crippen LogP contribution in [0.4, 0.5) is 11.8 Å². The van der Waals surface area contributed by atoms with E-state index in [0.29, 0.717) is 18.3 Å². The van der Waals surface area contributed by atoms with Gasteiger partial charge in [-0.3, -0.25) is 0 Å². The van der Waals surface area contributed by atoms with E-state index >= 15 is 0 Å². The zero-order chi connectivity index (χ0) is 25.1. The van der Waals surface area contributed by atoms with Crippen LogP contribution in [0.2, 0.25) is 0 Å². The van der Waals surface area contributed by atoms with Crippen molar-refractivity contribution in [2.45, 2.75) is 64.1 Å². The van der Waals surface area contributed by atoms with E-state index in [4.69, 9.17) is 9.97 Å². The third-order valence-corrected chi connectivity index (χ3v) is 7.18. The molecule has 1 aliphatic heterocycles.